The number of aliphatic hydroxyl groups is 1. The Morgan fingerprint density at radius 2 is 1.90 bits per heavy atom. The Morgan fingerprint density at radius 1 is 1.30 bits per heavy atom. The summed E-state index contributed by atoms with van der Waals surface area (Å²) < 4.78 is 0. The number of hydrogen-bond acceptors (Lipinski definition) is 5. The van der Waals surface area contributed by atoms with Crippen LogP contribution in [-0.2, 0) is 11.3 Å². The summed E-state index contributed by atoms with van der Waals surface area (Å²) >= 11 is 0. The summed E-state index contributed by atoms with van der Waals surface area (Å²) in [6, 6.07) is 3.39. The van der Waals surface area contributed by atoms with Gasteiger partial charge in [0.05, 0.1) is 11.5 Å². The van der Waals surface area contributed by atoms with Gasteiger partial charge in [0.2, 0.25) is 0 Å². The fourth-order valence-electron chi connectivity index (χ4n) is 1.31. The van der Waals surface area contributed by atoms with Crippen LogP contribution in [0.5, 0.6) is 0 Å². The molecule has 9 nitrogen and oxygen atoms in total. The molecule has 0 saturated carbocycles. The van der Waals surface area contributed by atoms with Crippen molar-refractivity contribution >= 4 is 17.7 Å². The molecule has 0 aliphatic heterocycles. The molecule has 0 aliphatic rings. The second kappa shape index (κ2) is 7.04. The third kappa shape index (κ3) is 4.53. The molecule has 0 radical (unpaired) electrons. The smallest absolute Gasteiger partial charge is 0.328 e. The number of hydrogen-bond donors (Lipinski definition) is 4. The van der Waals surface area contributed by atoms with Crippen LogP contribution >= 0.6 is 0 Å². The number of carbonyl (C=O) groups is 2. The van der Waals surface area contributed by atoms with E-state index in [1.807, 2.05) is 0 Å². The van der Waals surface area contributed by atoms with Gasteiger partial charge in [-0.2, -0.15) is 0 Å². The number of non-ortho nitro benzene ring substituents is 1. The largest absolute Gasteiger partial charge is 0.480 e. The van der Waals surface area contributed by atoms with Crippen molar-refractivity contribution < 1.29 is 24.7 Å². The second-order valence-corrected chi connectivity index (χ2v) is 3.82. The Morgan fingerprint density at radius 3 is 2.35 bits per heavy atom. The summed E-state index contributed by atoms with van der Waals surface area (Å²) in [5.41, 5.74) is 0.547. The lowest BCUT2D eigenvalue weighted by Gasteiger charge is -2.12. The molecular weight excluding hydrogens is 270 g/mol. The number of urea groups is 1. The van der Waals surface area contributed by atoms with E-state index >= 15 is 0 Å². The minimum atomic E-state index is -1.38. The first kappa shape index (κ1) is 15.4. The average molecular weight is 283 g/mol. The van der Waals surface area contributed by atoms with Gasteiger partial charge in [0.1, 0.15) is 0 Å². The van der Waals surface area contributed by atoms with E-state index in [0.717, 1.165) is 0 Å². The molecule has 2 amide bonds. The summed E-state index contributed by atoms with van der Waals surface area (Å²) in [5, 5.41) is 32.2. The van der Waals surface area contributed by atoms with E-state index in [4.69, 9.17) is 10.2 Å². The molecule has 0 heterocycles. The standard InChI is InChI=1S/C11H13N3O6/c15-6-9(10(16)17)13-11(18)12-5-7-1-3-8(4-2-7)14(19)20/h1-4,9,15H,5-6H2,(H,16,17)(H2,12,13,18)/t9-/m0/s1. The first-order chi connectivity index (χ1) is 9.43. The van der Waals surface area contributed by atoms with Gasteiger partial charge in [0.25, 0.3) is 5.69 Å². The molecule has 9 heteroatoms. The monoisotopic (exact) mass is 283 g/mol. The number of nitrogens with one attached hydrogen (secondary N) is 2. The minimum Gasteiger partial charge on any atom is -0.480 e. The zero-order valence-corrected chi connectivity index (χ0v) is 10.3. The average Bonchev–Trinajstić information content (AvgIpc) is 2.42. The lowest BCUT2D eigenvalue weighted by Crippen LogP contribution is -2.47. The number of carboxylic acids is 1. The van der Waals surface area contributed by atoms with Crippen LogP contribution in [-0.4, -0.2) is 39.8 Å². The Labute approximate surface area is 113 Å². The molecular formula is C11H13N3O6. The van der Waals surface area contributed by atoms with Gasteiger partial charge in [-0.3, -0.25) is 10.1 Å². The highest BCUT2D eigenvalue weighted by Crippen LogP contribution is 2.11. The number of aliphatic hydroxyl groups excluding tert-OH is 1. The van der Waals surface area contributed by atoms with Crippen molar-refractivity contribution in [2.75, 3.05) is 6.61 Å². The van der Waals surface area contributed by atoms with E-state index in [2.05, 4.69) is 10.6 Å². The maximum atomic E-state index is 11.4. The molecule has 0 fully saturated rings. The third-order valence-corrected chi connectivity index (χ3v) is 2.39. The number of nitrogens with zero attached hydrogens (tertiary/aromatic N) is 1. The SMILES string of the molecule is O=C(NCc1ccc([N+](=O)[O-])cc1)N[C@@H](CO)C(=O)O. The van der Waals surface area contributed by atoms with Crippen LogP contribution in [0, 0.1) is 10.1 Å². The Hall–Kier alpha value is -2.68. The number of benzene rings is 1. The molecule has 0 saturated heterocycles. The van der Waals surface area contributed by atoms with Gasteiger partial charge in [-0.25, -0.2) is 9.59 Å². The molecule has 0 unspecified atom stereocenters. The normalized spacial score (nSPS) is 11.4. The van der Waals surface area contributed by atoms with Crippen molar-refractivity contribution in [3.05, 3.63) is 39.9 Å². The molecule has 0 bridgehead atoms. The summed E-state index contributed by atoms with van der Waals surface area (Å²) in [4.78, 5) is 31.8. The highest BCUT2D eigenvalue weighted by molar-refractivity contribution is 5.82. The molecule has 0 aliphatic carbocycles. The summed E-state index contributed by atoms with van der Waals surface area (Å²) in [6.45, 7) is -0.651. The maximum absolute atomic E-state index is 11.4. The van der Waals surface area contributed by atoms with E-state index in [9.17, 15) is 19.7 Å². The molecule has 1 rings (SSSR count). The number of nitro benzene ring substituents is 1. The van der Waals surface area contributed by atoms with Crippen LogP contribution in [0.15, 0.2) is 24.3 Å². The Bertz CT molecular complexity index is 501. The molecule has 108 valence electrons. The maximum Gasteiger partial charge on any atom is 0.328 e. The second-order valence-electron chi connectivity index (χ2n) is 3.82. The number of amides is 2. The molecule has 0 aromatic heterocycles. The van der Waals surface area contributed by atoms with Crippen molar-refractivity contribution in [2.45, 2.75) is 12.6 Å². The van der Waals surface area contributed by atoms with Crippen LogP contribution in [0.3, 0.4) is 0 Å². The van der Waals surface area contributed by atoms with Gasteiger partial charge < -0.3 is 20.8 Å². The number of rotatable bonds is 6. The van der Waals surface area contributed by atoms with Gasteiger partial charge in [0, 0.05) is 18.7 Å². The number of aliphatic carboxylic acids is 1. The summed E-state index contributed by atoms with van der Waals surface area (Å²) in [5.74, 6) is -1.35. The van der Waals surface area contributed by atoms with Crippen molar-refractivity contribution in [1.82, 2.24) is 10.6 Å². The summed E-state index contributed by atoms with van der Waals surface area (Å²) in [6.07, 6.45) is 0. The minimum absolute atomic E-state index is 0.0653. The van der Waals surface area contributed by atoms with Crippen LogP contribution in [0.2, 0.25) is 0 Å². The van der Waals surface area contributed by atoms with E-state index < -0.39 is 29.6 Å². The summed E-state index contributed by atoms with van der Waals surface area (Å²) in [7, 11) is 0. The molecule has 1 aromatic carbocycles. The Kier molecular flexibility index (Phi) is 5.42. The van der Waals surface area contributed by atoms with Gasteiger partial charge in [-0.1, -0.05) is 12.1 Å². The van der Waals surface area contributed by atoms with E-state index in [-0.39, 0.29) is 12.2 Å². The molecule has 1 atom stereocenters. The van der Waals surface area contributed by atoms with E-state index in [1.54, 1.807) is 0 Å². The van der Waals surface area contributed by atoms with Crippen molar-refractivity contribution in [2.24, 2.45) is 0 Å². The molecule has 0 spiro atoms. The van der Waals surface area contributed by atoms with Crippen LogP contribution in [0.1, 0.15) is 5.56 Å². The molecule has 4 N–H and O–H groups in total. The van der Waals surface area contributed by atoms with Gasteiger partial charge >= 0.3 is 12.0 Å². The zero-order chi connectivity index (χ0) is 15.1. The lowest BCUT2D eigenvalue weighted by molar-refractivity contribution is -0.384. The van der Waals surface area contributed by atoms with Gasteiger partial charge in [0.15, 0.2) is 6.04 Å². The highest BCUT2D eigenvalue weighted by atomic mass is 16.6. The first-order valence-corrected chi connectivity index (χ1v) is 5.55. The molecule has 20 heavy (non-hydrogen) atoms. The van der Waals surface area contributed by atoms with Crippen LogP contribution in [0.4, 0.5) is 10.5 Å². The van der Waals surface area contributed by atoms with Crippen molar-refractivity contribution in [1.29, 1.82) is 0 Å². The number of carboxylic acid groups (broad SMARTS) is 1. The first-order valence-electron chi connectivity index (χ1n) is 5.55. The van der Waals surface area contributed by atoms with E-state index in [0.29, 0.717) is 5.56 Å². The Balaban J connectivity index is 2.48. The fraction of sp³-hybridized carbons (Fsp3) is 0.273. The number of carbonyl (C=O) groups excluding carboxylic acids is 1. The number of nitro groups is 1. The van der Waals surface area contributed by atoms with E-state index in [1.165, 1.54) is 24.3 Å². The van der Waals surface area contributed by atoms with Gasteiger partial charge in [-0.15, -0.1) is 0 Å². The lowest BCUT2D eigenvalue weighted by atomic mass is 10.2. The predicted molar refractivity (Wildman–Crippen MR) is 67.0 cm³/mol. The predicted octanol–water partition coefficient (Wildman–Crippen LogP) is -0.161. The third-order valence-electron chi connectivity index (χ3n) is 2.39. The van der Waals surface area contributed by atoms with Gasteiger partial charge in [-0.05, 0) is 5.56 Å². The highest BCUT2D eigenvalue weighted by Gasteiger charge is 2.18. The van der Waals surface area contributed by atoms with Crippen LogP contribution < -0.4 is 10.6 Å². The topological polar surface area (TPSA) is 142 Å². The van der Waals surface area contributed by atoms with Crippen molar-refractivity contribution in [3.63, 3.8) is 0 Å². The quantitative estimate of drug-likeness (QED) is 0.422. The molecule has 1 aromatic rings. The zero-order valence-electron chi connectivity index (χ0n) is 10.3. The van der Waals surface area contributed by atoms with Crippen LogP contribution in [0.25, 0.3) is 0 Å². The fourth-order valence-corrected chi connectivity index (χ4v) is 1.31. The van der Waals surface area contributed by atoms with Crippen molar-refractivity contribution in [3.8, 4) is 0 Å².